The van der Waals surface area contributed by atoms with Crippen LogP contribution in [0, 0.1) is 5.82 Å². The number of nitrogens with zero attached hydrogens (tertiary/aromatic N) is 2. The van der Waals surface area contributed by atoms with E-state index in [1.165, 1.54) is 49.8 Å². The minimum absolute atomic E-state index is 0.0534. The number of carbonyl (C=O) groups excluding carboxylic acids is 1. The van der Waals surface area contributed by atoms with Gasteiger partial charge in [0.25, 0.3) is 5.91 Å². The fraction of sp³-hybridized carbons (Fsp3) is 0.208. The van der Waals surface area contributed by atoms with Crippen molar-refractivity contribution in [2.45, 2.75) is 18.5 Å². The van der Waals surface area contributed by atoms with E-state index in [2.05, 4.69) is 20.3 Å². The Kier molecular flexibility index (Phi) is 6.42. The molecule has 1 atom stereocenters. The zero-order valence-corrected chi connectivity index (χ0v) is 19.3. The molecule has 0 saturated carbocycles. The van der Waals surface area contributed by atoms with Gasteiger partial charge in [0.1, 0.15) is 22.7 Å². The first-order valence-corrected chi connectivity index (χ1v) is 10.7. The summed E-state index contributed by atoms with van der Waals surface area (Å²) < 4.78 is 61.9. The number of hydrogen-bond acceptors (Lipinski definition) is 4. The maximum Gasteiger partial charge on any atom is 0.401 e. The van der Waals surface area contributed by atoms with E-state index in [0.717, 1.165) is 13.0 Å². The van der Waals surface area contributed by atoms with Crippen molar-refractivity contribution in [3.05, 3.63) is 77.0 Å². The number of benzene rings is 2. The van der Waals surface area contributed by atoms with Gasteiger partial charge in [-0.2, -0.15) is 13.2 Å². The molecule has 2 heterocycles. The molecule has 182 valence electrons. The lowest BCUT2D eigenvalue weighted by Gasteiger charge is -2.32. The topological polar surface area (TPSA) is 79.9 Å². The first-order chi connectivity index (χ1) is 16.5. The Bertz CT molecular complexity index is 1410. The Hall–Kier alpha value is -3.66. The van der Waals surface area contributed by atoms with Gasteiger partial charge >= 0.3 is 6.18 Å². The molecule has 1 amide bonds. The summed E-state index contributed by atoms with van der Waals surface area (Å²) >= 11 is 5.86. The normalized spacial score (nSPS) is 13.5. The van der Waals surface area contributed by atoms with Crippen LogP contribution in [0.3, 0.4) is 0 Å². The Morgan fingerprint density at radius 1 is 1.14 bits per heavy atom. The fourth-order valence-corrected chi connectivity index (χ4v) is 3.72. The van der Waals surface area contributed by atoms with E-state index in [9.17, 15) is 22.4 Å². The van der Waals surface area contributed by atoms with E-state index in [1.807, 2.05) is 0 Å². The highest BCUT2D eigenvalue weighted by molar-refractivity contribution is 6.31. The second-order valence-corrected chi connectivity index (χ2v) is 8.43. The van der Waals surface area contributed by atoms with Gasteiger partial charge in [-0.25, -0.2) is 14.4 Å². The summed E-state index contributed by atoms with van der Waals surface area (Å²) in [6, 6.07) is 10.8. The number of halogens is 5. The smallest absolute Gasteiger partial charge is 0.401 e. The number of ether oxygens (including phenoxy) is 1. The van der Waals surface area contributed by atoms with Crippen molar-refractivity contribution in [2.24, 2.45) is 0 Å². The molecule has 0 aliphatic rings. The number of fused-ring (bicyclic) bond motifs is 1. The summed E-state index contributed by atoms with van der Waals surface area (Å²) in [7, 11) is 1.34. The number of pyridine rings is 1. The van der Waals surface area contributed by atoms with Crippen LogP contribution < -0.4 is 10.1 Å². The van der Waals surface area contributed by atoms with Gasteiger partial charge in [-0.3, -0.25) is 4.79 Å². The van der Waals surface area contributed by atoms with E-state index >= 15 is 0 Å². The van der Waals surface area contributed by atoms with E-state index in [-0.39, 0.29) is 33.3 Å². The highest BCUT2D eigenvalue weighted by atomic mass is 35.5. The molecule has 4 rings (SSSR count). The standard InChI is InChI=1S/C24H19ClF4N4O2/c1-23(24(27,28)29,11-30-22(34)14-4-6-17-18(10-14)32-12-31-17)20-8-7-19(35-2)21(33-20)13-3-5-16(26)15(25)9-13/h3-10,12H,11H2,1-2H3,(H,30,34)(H,31,32). The third-order valence-electron chi connectivity index (χ3n) is 5.75. The number of carbonyl (C=O) groups is 1. The van der Waals surface area contributed by atoms with E-state index in [1.54, 1.807) is 6.07 Å². The highest BCUT2D eigenvalue weighted by Gasteiger charge is 2.53. The van der Waals surface area contributed by atoms with E-state index < -0.39 is 29.9 Å². The maximum atomic E-state index is 14.3. The largest absolute Gasteiger partial charge is 0.494 e. The number of imidazole rings is 1. The summed E-state index contributed by atoms with van der Waals surface area (Å²) in [6.07, 6.45) is -3.32. The monoisotopic (exact) mass is 506 g/mol. The molecular formula is C24H19ClF4N4O2. The van der Waals surface area contributed by atoms with Crippen LogP contribution in [-0.4, -0.2) is 40.7 Å². The zero-order valence-electron chi connectivity index (χ0n) is 18.5. The minimum atomic E-state index is -4.77. The van der Waals surface area contributed by atoms with Crippen LogP contribution in [0.4, 0.5) is 17.6 Å². The maximum absolute atomic E-state index is 14.3. The van der Waals surface area contributed by atoms with Gasteiger partial charge in [0.05, 0.1) is 35.2 Å². The average molecular weight is 507 g/mol. The van der Waals surface area contributed by atoms with Crippen LogP contribution in [0.5, 0.6) is 5.75 Å². The van der Waals surface area contributed by atoms with Gasteiger partial charge in [-0.05, 0) is 55.5 Å². The van der Waals surface area contributed by atoms with E-state index in [4.69, 9.17) is 16.3 Å². The Morgan fingerprint density at radius 2 is 1.91 bits per heavy atom. The number of H-pyrrole nitrogens is 1. The summed E-state index contributed by atoms with van der Waals surface area (Å²) in [6.45, 7) is 0.164. The van der Waals surface area contributed by atoms with Crippen LogP contribution in [0.2, 0.25) is 5.02 Å². The molecule has 0 spiro atoms. The second kappa shape index (κ2) is 9.18. The number of aromatic nitrogens is 3. The molecule has 0 aliphatic heterocycles. The van der Waals surface area contributed by atoms with E-state index in [0.29, 0.717) is 11.0 Å². The second-order valence-electron chi connectivity index (χ2n) is 8.02. The zero-order chi connectivity index (χ0) is 25.4. The average Bonchev–Trinajstić information content (AvgIpc) is 3.31. The fourth-order valence-electron chi connectivity index (χ4n) is 3.54. The lowest BCUT2D eigenvalue weighted by molar-refractivity contribution is -0.184. The lowest BCUT2D eigenvalue weighted by atomic mass is 9.84. The van der Waals surface area contributed by atoms with Crippen molar-refractivity contribution in [3.8, 4) is 17.0 Å². The van der Waals surface area contributed by atoms with Crippen LogP contribution in [0.15, 0.2) is 54.9 Å². The number of alkyl halides is 3. The third kappa shape index (κ3) is 4.66. The van der Waals surface area contributed by atoms with Crippen LogP contribution in [-0.2, 0) is 5.41 Å². The molecule has 0 saturated heterocycles. The number of aromatic amines is 1. The van der Waals surface area contributed by atoms with Crippen molar-refractivity contribution >= 4 is 28.5 Å². The number of methoxy groups -OCH3 is 1. The molecule has 0 radical (unpaired) electrons. The summed E-state index contributed by atoms with van der Waals surface area (Å²) in [5, 5.41) is 2.16. The summed E-state index contributed by atoms with van der Waals surface area (Å²) in [5.74, 6) is -1.19. The predicted molar refractivity (Wildman–Crippen MR) is 123 cm³/mol. The lowest BCUT2D eigenvalue weighted by Crippen LogP contribution is -2.49. The molecule has 2 aromatic heterocycles. The Morgan fingerprint density at radius 3 is 2.60 bits per heavy atom. The van der Waals surface area contributed by atoms with Gasteiger partial charge in [0.15, 0.2) is 0 Å². The number of amides is 1. The van der Waals surface area contributed by atoms with Crippen molar-refractivity contribution < 1.29 is 27.1 Å². The molecule has 6 nitrogen and oxygen atoms in total. The Labute approximate surface area is 202 Å². The molecule has 1 unspecified atom stereocenters. The SMILES string of the molecule is COc1ccc(C(C)(CNC(=O)c2ccc3[nH]cnc3c2)C(F)(F)F)nc1-c1ccc(F)c(Cl)c1. The number of hydrogen-bond donors (Lipinski definition) is 2. The van der Waals surface area contributed by atoms with Crippen LogP contribution in [0.25, 0.3) is 22.3 Å². The molecule has 11 heteroatoms. The molecule has 35 heavy (non-hydrogen) atoms. The van der Waals surface area contributed by atoms with Gasteiger partial charge in [-0.1, -0.05) is 11.6 Å². The summed E-state index contributed by atoms with van der Waals surface area (Å²) in [4.78, 5) is 23.8. The van der Waals surface area contributed by atoms with Gasteiger partial charge in [0.2, 0.25) is 0 Å². The van der Waals surface area contributed by atoms with Crippen molar-refractivity contribution in [1.29, 1.82) is 0 Å². The van der Waals surface area contributed by atoms with Gasteiger partial charge in [0, 0.05) is 17.7 Å². The molecule has 2 N–H and O–H groups in total. The summed E-state index contributed by atoms with van der Waals surface area (Å²) in [5.41, 5.74) is -1.21. The number of rotatable bonds is 6. The van der Waals surface area contributed by atoms with Crippen molar-refractivity contribution in [3.63, 3.8) is 0 Å². The first-order valence-electron chi connectivity index (χ1n) is 10.3. The first kappa shape index (κ1) is 24.5. The quantitative estimate of drug-likeness (QED) is 0.330. The van der Waals surface area contributed by atoms with Crippen LogP contribution in [0.1, 0.15) is 23.0 Å². The predicted octanol–water partition coefficient (Wildman–Crippen LogP) is 5.68. The molecule has 0 aliphatic carbocycles. The highest BCUT2D eigenvalue weighted by Crippen LogP contribution is 2.42. The molecule has 4 aromatic rings. The molecule has 2 aromatic carbocycles. The Balaban J connectivity index is 1.69. The molecular weight excluding hydrogens is 488 g/mol. The van der Waals surface area contributed by atoms with Gasteiger partial charge in [-0.15, -0.1) is 0 Å². The van der Waals surface area contributed by atoms with Crippen LogP contribution >= 0.6 is 11.6 Å². The molecule has 0 bridgehead atoms. The minimum Gasteiger partial charge on any atom is -0.494 e. The number of nitrogens with one attached hydrogen (secondary N) is 2. The van der Waals surface area contributed by atoms with Crippen molar-refractivity contribution in [1.82, 2.24) is 20.3 Å². The molecule has 0 fully saturated rings. The van der Waals surface area contributed by atoms with Crippen molar-refractivity contribution in [2.75, 3.05) is 13.7 Å². The third-order valence-corrected chi connectivity index (χ3v) is 6.04. The van der Waals surface area contributed by atoms with Gasteiger partial charge < -0.3 is 15.0 Å².